The highest BCUT2D eigenvalue weighted by Crippen LogP contribution is 2.34. The lowest BCUT2D eigenvalue weighted by molar-refractivity contribution is -0.155. The Bertz CT molecular complexity index is 908. The number of Topliss-reactive ketones (excluding diaryl/α,β-unsaturated/α-hetero) is 1. The highest BCUT2D eigenvalue weighted by atomic mass is 16.7. The van der Waals surface area contributed by atoms with Crippen LogP contribution >= 0.6 is 0 Å². The van der Waals surface area contributed by atoms with Gasteiger partial charge < -0.3 is 24.3 Å². The number of benzene rings is 2. The molecule has 29 heavy (non-hydrogen) atoms. The van der Waals surface area contributed by atoms with Crippen LogP contribution in [0.3, 0.4) is 0 Å². The van der Waals surface area contributed by atoms with Crippen molar-refractivity contribution in [3.8, 4) is 17.2 Å². The highest BCUT2D eigenvalue weighted by Gasteiger charge is 2.20. The summed E-state index contributed by atoms with van der Waals surface area (Å²) in [6.45, 7) is 3.03. The molecule has 0 unspecified atom stereocenters. The van der Waals surface area contributed by atoms with Crippen LogP contribution in [-0.4, -0.2) is 37.2 Å². The summed E-state index contributed by atoms with van der Waals surface area (Å²) in [5.74, 6) is 0.413. The first-order valence-electron chi connectivity index (χ1n) is 9.12. The molecule has 1 atom stereocenters. The zero-order chi connectivity index (χ0) is 20.8. The van der Waals surface area contributed by atoms with Gasteiger partial charge in [0, 0.05) is 23.7 Å². The first kappa shape index (κ1) is 20.2. The van der Waals surface area contributed by atoms with E-state index in [4.69, 9.17) is 18.9 Å². The third-order valence-electron chi connectivity index (χ3n) is 4.17. The first-order valence-corrected chi connectivity index (χ1v) is 9.12. The number of nitrogens with one attached hydrogen (secondary N) is 1. The fraction of sp³-hybridized carbons (Fsp3) is 0.286. The molecule has 0 bridgehead atoms. The van der Waals surface area contributed by atoms with Gasteiger partial charge in [0.25, 0.3) is 5.91 Å². The SMILES string of the molecule is CCC(=O)c1ccc(OCC(=O)O[C@@H](C)C(=O)Nc2ccc3c(c2)OCO3)cc1. The lowest BCUT2D eigenvalue weighted by atomic mass is 10.1. The predicted molar refractivity (Wildman–Crippen MR) is 103 cm³/mol. The Morgan fingerprint density at radius 3 is 2.52 bits per heavy atom. The lowest BCUT2D eigenvalue weighted by Crippen LogP contribution is -2.31. The topological polar surface area (TPSA) is 100 Å². The van der Waals surface area contributed by atoms with Gasteiger partial charge in [-0.3, -0.25) is 9.59 Å². The second kappa shape index (κ2) is 9.09. The Labute approximate surface area is 167 Å². The van der Waals surface area contributed by atoms with Crippen LogP contribution in [0.1, 0.15) is 30.6 Å². The van der Waals surface area contributed by atoms with Gasteiger partial charge in [-0.25, -0.2) is 4.79 Å². The molecule has 3 rings (SSSR count). The molecular formula is C21H21NO7. The van der Waals surface area contributed by atoms with E-state index in [0.29, 0.717) is 34.9 Å². The zero-order valence-corrected chi connectivity index (χ0v) is 16.1. The summed E-state index contributed by atoms with van der Waals surface area (Å²) < 4.78 is 20.9. The van der Waals surface area contributed by atoms with Crippen molar-refractivity contribution < 1.29 is 33.3 Å². The Morgan fingerprint density at radius 2 is 1.79 bits per heavy atom. The van der Waals surface area contributed by atoms with Gasteiger partial charge in [-0.2, -0.15) is 0 Å². The summed E-state index contributed by atoms with van der Waals surface area (Å²) in [7, 11) is 0. The number of hydrogen-bond donors (Lipinski definition) is 1. The van der Waals surface area contributed by atoms with Crippen LogP contribution in [0.2, 0.25) is 0 Å². The average molecular weight is 399 g/mol. The average Bonchev–Trinajstić information content (AvgIpc) is 3.19. The molecule has 1 aliphatic heterocycles. The monoisotopic (exact) mass is 399 g/mol. The number of hydrogen-bond acceptors (Lipinski definition) is 7. The quantitative estimate of drug-likeness (QED) is 0.538. The van der Waals surface area contributed by atoms with E-state index >= 15 is 0 Å². The van der Waals surface area contributed by atoms with Gasteiger partial charge in [0.1, 0.15) is 5.75 Å². The van der Waals surface area contributed by atoms with Crippen molar-refractivity contribution in [2.75, 3.05) is 18.7 Å². The van der Waals surface area contributed by atoms with E-state index in [9.17, 15) is 14.4 Å². The van der Waals surface area contributed by atoms with Crippen LogP contribution in [0.25, 0.3) is 0 Å². The lowest BCUT2D eigenvalue weighted by Gasteiger charge is -2.14. The van der Waals surface area contributed by atoms with Gasteiger partial charge in [-0.05, 0) is 43.3 Å². The molecule has 1 aliphatic rings. The molecular weight excluding hydrogens is 378 g/mol. The third-order valence-corrected chi connectivity index (χ3v) is 4.17. The summed E-state index contributed by atoms with van der Waals surface area (Å²) in [5, 5.41) is 2.65. The van der Waals surface area contributed by atoms with E-state index < -0.39 is 18.0 Å². The van der Waals surface area contributed by atoms with Crippen LogP contribution in [0.4, 0.5) is 5.69 Å². The van der Waals surface area contributed by atoms with Gasteiger partial charge in [0.2, 0.25) is 6.79 Å². The molecule has 8 heteroatoms. The maximum absolute atomic E-state index is 12.2. The van der Waals surface area contributed by atoms with Crippen molar-refractivity contribution in [3.05, 3.63) is 48.0 Å². The second-order valence-electron chi connectivity index (χ2n) is 6.28. The van der Waals surface area contributed by atoms with Gasteiger partial charge in [-0.15, -0.1) is 0 Å². The maximum atomic E-state index is 12.2. The fourth-order valence-electron chi connectivity index (χ4n) is 2.59. The molecule has 2 aromatic carbocycles. The molecule has 1 heterocycles. The summed E-state index contributed by atoms with van der Waals surface area (Å²) in [4.78, 5) is 35.8. The van der Waals surface area contributed by atoms with E-state index in [2.05, 4.69) is 5.32 Å². The number of esters is 1. The predicted octanol–water partition coefficient (Wildman–Crippen LogP) is 2.96. The van der Waals surface area contributed by atoms with Gasteiger partial charge in [-0.1, -0.05) is 6.92 Å². The maximum Gasteiger partial charge on any atom is 0.344 e. The Balaban J connectivity index is 1.46. The number of rotatable bonds is 8. The summed E-state index contributed by atoms with van der Waals surface area (Å²) in [5.41, 5.74) is 1.08. The van der Waals surface area contributed by atoms with Crippen molar-refractivity contribution in [2.45, 2.75) is 26.4 Å². The highest BCUT2D eigenvalue weighted by molar-refractivity contribution is 5.96. The number of fused-ring (bicyclic) bond motifs is 1. The number of ether oxygens (including phenoxy) is 4. The summed E-state index contributed by atoms with van der Waals surface area (Å²) in [6, 6.07) is 11.4. The van der Waals surface area contributed by atoms with Crippen molar-refractivity contribution in [1.29, 1.82) is 0 Å². The summed E-state index contributed by atoms with van der Waals surface area (Å²) >= 11 is 0. The number of amides is 1. The second-order valence-corrected chi connectivity index (χ2v) is 6.28. The van der Waals surface area contributed by atoms with Crippen LogP contribution in [0.15, 0.2) is 42.5 Å². The molecule has 0 spiro atoms. The van der Waals surface area contributed by atoms with Crippen LogP contribution < -0.4 is 19.5 Å². The van der Waals surface area contributed by atoms with E-state index in [1.807, 2.05) is 0 Å². The largest absolute Gasteiger partial charge is 0.482 e. The third kappa shape index (κ3) is 5.25. The number of carbonyl (C=O) groups is 3. The zero-order valence-electron chi connectivity index (χ0n) is 16.1. The molecule has 1 amide bonds. The number of carbonyl (C=O) groups excluding carboxylic acids is 3. The standard InChI is InChI=1S/C21H21NO7/c1-3-17(23)14-4-7-16(8-5-14)26-11-20(24)29-13(2)21(25)22-15-6-9-18-19(10-15)28-12-27-18/h4-10,13H,3,11-12H2,1-2H3,(H,22,25)/t13-/m0/s1. The molecule has 0 saturated heterocycles. The van der Waals surface area contributed by atoms with Crippen LogP contribution in [0, 0.1) is 0 Å². The number of ketones is 1. The Hall–Kier alpha value is -3.55. The smallest absolute Gasteiger partial charge is 0.344 e. The molecule has 0 aromatic heterocycles. The van der Waals surface area contributed by atoms with Crippen molar-refractivity contribution in [1.82, 2.24) is 0 Å². The van der Waals surface area contributed by atoms with Gasteiger partial charge in [0.15, 0.2) is 30.0 Å². The van der Waals surface area contributed by atoms with Crippen molar-refractivity contribution >= 4 is 23.3 Å². The van der Waals surface area contributed by atoms with E-state index in [-0.39, 0.29) is 19.2 Å². The minimum Gasteiger partial charge on any atom is -0.482 e. The van der Waals surface area contributed by atoms with Gasteiger partial charge in [0.05, 0.1) is 0 Å². The summed E-state index contributed by atoms with van der Waals surface area (Å²) in [6.07, 6.45) is -0.597. The minimum atomic E-state index is -1.01. The molecule has 0 saturated carbocycles. The molecule has 152 valence electrons. The van der Waals surface area contributed by atoms with E-state index in [0.717, 1.165) is 0 Å². The van der Waals surface area contributed by atoms with Crippen molar-refractivity contribution in [2.24, 2.45) is 0 Å². The normalized spacial score (nSPS) is 12.8. The Kier molecular flexibility index (Phi) is 6.33. The minimum absolute atomic E-state index is 0.0262. The molecule has 0 radical (unpaired) electrons. The van der Waals surface area contributed by atoms with Gasteiger partial charge >= 0.3 is 5.97 Å². The van der Waals surface area contributed by atoms with Crippen molar-refractivity contribution in [3.63, 3.8) is 0 Å². The molecule has 2 aromatic rings. The Morgan fingerprint density at radius 1 is 1.07 bits per heavy atom. The van der Waals surface area contributed by atoms with E-state index in [1.54, 1.807) is 49.4 Å². The first-order chi connectivity index (χ1) is 14.0. The number of anilines is 1. The molecule has 8 nitrogen and oxygen atoms in total. The molecule has 0 fully saturated rings. The molecule has 0 aliphatic carbocycles. The van der Waals surface area contributed by atoms with Crippen LogP contribution in [-0.2, 0) is 14.3 Å². The fourth-order valence-corrected chi connectivity index (χ4v) is 2.59. The van der Waals surface area contributed by atoms with Crippen LogP contribution in [0.5, 0.6) is 17.2 Å². The van der Waals surface area contributed by atoms with E-state index in [1.165, 1.54) is 6.92 Å². The molecule has 1 N–H and O–H groups in total.